The van der Waals surface area contributed by atoms with E-state index in [9.17, 15) is 4.79 Å². The van der Waals surface area contributed by atoms with Crippen LogP contribution in [0.1, 0.15) is 10.4 Å². The average Bonchev–Trinajstić information content (AvgIpc) is 2.80. The van der Waals surface area contributed by atoms with Crippen molar-refractivity contribution in [1.29, 1.82) is 0 Å². The molecular weight excluding hydrogens is 390 g/mol. The first kappa shape index (κ1) is 19.9. The van der Waals surface area contributed by atoms with E-state index in [0.717, 1.165) is 16.8 Å². The number of aromatic nitrogens is 2. The molecule has 154 valence electrons. The highest BCUT2D eigenvalue weighted by Crippen LogP contribution is 2.32. The minimum atomic E-state index is -0.617. The number of ether oxygens (including phenoxy) is 1. The molecule has 0 saturated heterocycles. The summed E-state index contributed by atoms with van der Waals surface area (Å²) in [5.41, 5.74) is 9.26. The normalized spacial score (nSPS) is 10.4. The third kappa shape index (κ3) is 4.62. The molecule has 0 unspecified atom stereocenters. The molecule has 0 spiro atoms. The topological polar surface area (TPSA) is 102 Å². The molecule has 4 aromatic rings. The molecule has 7 heteroatoms. The lowest BCUT2D eigenvalue weighted by atomic mass is 10.0. The van der Waals surface area contributed by atoms with Gasteiger partial charge in [-0.1, -0.05) is 54.6 Å². The fraction of sp³-hybridized carbons (Fsp3) is 0.0417. The Morgan fingerprint density at radius 3 is 2.29 bits per heavy atom. The second kappa shape index (κ2) is 8.96. The van der Waals surface area contributed by atoms with Crippen LogP contribution in [0.5, 0.6) is 5.75 Å². The van der Waals surface area contributed by atoms with Crippen LogP contribution in [-0.4, -0.2) is 23.0 Å². The summed E-state index contributed by atoms with van der Waals surface area (Å²) < 4.78 is 5.49. The van der Waals surface area contributed by atoms with Crippen LogP contribution in [0.3, 0.4) is 0 Å². The number of nitrogens with one attached hydrogen (secondary N) is 2. The lowest BCUT2D eigenvalue weighted by molar-refractivity contribution is 0.100. The summed E-state index contributed by atoms with van der Waals surface area (Å²) >= 11 is 0. The van der Waals surface area contributed by atoms with E-state index >= 15 is 0 Å². The van der Waals surface area contributed by atoms with Crippen LogP contribution in [0.15, 0.2) is 85.1 Å². The number of rotatable bonds is 7. The van der Waals surface area contributed by atoms with E-state index < -0.39 is 5.91 Å². The van der Waals surface area contributed by atoms with Gasteiger partial charge < -0.3 is 21.1 Å². The van der Waals surface area contributed by atoms with Gasteiger partial charge in [0.1, 0.15) is 17.1 Å². The molecule has 4 rings (SSSR count). The molecule has 1 amide bonds. The maximum Gasteiger partial charge on any atom is 0.254 e. The van der Waals surface area contributed by atoms with Gasteiger partial charge in [-0.25, -0.2) is 4.98 Å². The van der Waals surface area contributed by atoms with Gasteiger partial charge in [-0.05, 0) is 35.4 Å². The third-order valence-corrected chi connectivity index (χ3v) is 4.64. The third-order valence-electron chi connectivity index (χ3n) is 4.64. The van der Waals surface area contributed by atoms with E-state index in [4.69, 9.17) is 10.5 Å². The summed E-state index contributed by atoms with van der Waals surface area (Å²) in [6, 6.07) is 25.2. The van der Waals surface area contributed by atoms with Gasteiger partial charge >= 0.3 is 0 Å². The quantitative estimate of drug-likeness (QED) is 0.406. The van der Waals surface area contributed by atoms with Gasteiger partial charge in [0.2, 0.25) is 5.95 Å². The molecule has 0 aliphatic rings. The van der Waals surface area contributed by atoms with Crippen molar-refractivity contribution in [3.8, 4) is 16.9 Å². The number of nitrogens with zero attached hydrogens (tertiary/aromatic N) is 2. The van der Waals surface area contributed by atoms with Gasteiger partial charge in [-0.2, -0.15) is 4.98 Å². The Hall–Kier alpha value is -4.39. The highest BCUT2D eigenvalue weighted by atomic mass is 16.5. The Morgan fingerprint density at radius 1 is 0.903 bits per heavy atom. The van der Waals surface area contributed by atoms with Gasteiger partial charge in [0.15, 0.2) is 0 Å². The molecule has 3 aromatic carbocycles. The fourth-order valence-electron chi connectivity index (χ4n) is 3.11. The van der Waals surface area contributed by atoms with E-state index in [1.165, 1.54) is 6.20 Å². The van der Waals surface area contributed by atoms with Crippen molar-refractivity contribution < 1.29 is 9.53 Å². The molecule has 1 heterocycles. The van der Waals surface area contributed by atoms with Gasteiger partial charge in [-0.3, -0.25) is 4.79 Å². The van der Waals surface area contributed by atoms with Gasteiger partial charge in [0.05, 0.1) is 12.8 Å². The summed E-state index contributed by atoms with van der Waals surface area (Å²) in [5, 5.41) is 6.31. The maximum atomic E-state index is 11.8. The predicted octanol–water partition coefficient (Wildman–Crippen LogP) is 4.74. The molecule has 4 N–H and O–H groups in total. The van der Waals surface area contributed by atoms with Crippen molar-refractivity contribution in [2.45, 2.75) is 0 Å². The number of hydrogen-bond donors (Lipinski definition) is 3. The molecule has 1 aromatic heterocycles. The number of anilines is 4. The van der Waals surface area contributed by atoms with Crippen molar-refractivity contribution in [2.24, 2.45) is 5.73 Å². The number of methoxy groups -OCH3 is 1. The van der Waals surface area contributed by atoms with E-state index in [0.29, 0.717) is 23.2 Å². The summed E-state index contributed by atoms with van der Waals surface area (Å²) in [4.78, 5) is 20.6. The molecule has 0 aliphatic carbocycles. The van der Waals surface area contributed by atoms with Crippen LogP contribution in [0.25, 0.3) is 11.1 Å². The number of nitrogens with two attached hydrogens (primary N) is 1. The van der Waals surface area contributed by atoms with E-state index in [2.05, 4.69) is 20.6 Å². The average molecular weight is 411 g/mol. The number of benzene rings is 3. The predicted molar refractivity (Wildman–Crippen MR) is 122 cm³/mol. The number of primary amides is 1. The van der Waals surface area contributed by atoms with E-state index in [-0.39, 0.29) is 5.56 Å². The van der Waals surface area contributed by atoms with Gasteiger partial charge in [0.25, 0.3) is 5.91 Å². The minimum absolute atomic E-state index is 0.194. The first-order chi connectivity index (χ1) is 15.1. The monoisotopic (exact) mass is 411 g/mol. The van der Waals surface area contributed by atoms with Crippen LogP contribution in [-0.2, 0) is 0 Å². The SMILES string of the molecule is COc1ccc(-c2ccccc2)cc1Nc1ncc(C(N)=O)c(Nc2ccccc2)n1. The van der Waals surface area contributed by atoms with Crippen LogP contribution in [0, 0.1) is 0 Å². The Kier molecular flexibility index (Phi) is 5.75. The number of carbonyl (C=O) groups excluding carboxylic acids is 1. The minimum Gasteiger partial charge on any atom is -0.495 e. The molecule has 0 bridgehead atoms. The van der Waals surface area contributed by atoms with Crippen molar-refractivity contribution in [2.75, 3.05) is 17.7 Å². The molecule has 0 aliphatic heterocycles. The van der Waals surface area contributed by atoms with Crippen LogP contribution in [0.2, 0.25) is 0 Å². The van der Waals surface area contributed by atoms with E-state index in [1.807, 2.05) is 78.9 Å². The van der Waals surface area contributed by atoms with Gasteiger partial charge in [-0.15, -0.1) is 0 Å². The zero-order chi connectivity index (χ0) is 21.6. The summed E-state index contributed by atoms with van der Waals surface area (Å²) in [6.45, 7) is 0. The Bertz CT molecular complexity index is 1200. The summed E-state index contributed by atoms with van der Waals surface area (Å²) in [5.74, 6) is 0.634. The van der Waals surface area contributed by atoms with E-state index in [1.54, 1.807) is 7.11 Å². The van der Waals surface area contributed by atoms with Crippen molar-refractivity contribution in [1.82, 2.24) is 9.97 Å². The zero-order valence-electron chi connectivity index (χ0n) is 16.9. The molecule has 0 radical (unpaired) electrons. The Morgan fingerprint density at radius 2 is 1.61 bits per heavy atom. The number of carbonyl (C=O) groups is 1. The first-order valence-corrected chi connectivity index (χ1v) is 9.63. The Labute approximate surface area is 179 Å². The molecule has 31 heavy (non-hydrogen) atoms. The summed E-state index contributed by atoms with van der Waals surface area (Å²) in [6.07, 6.45) is 1.40. The fourth-order valence-corrected chi connectivity index (χ4v) is 3.11. The molecule has 0 saturated carbocycles. The molecule has 7 nitrogen and oxygen atoms in total. The molecule has 0 fully saturated rings. The number of amides is 1. The van der Waals surface area contributed by atoms with Crippen molar-refractivity contribution in [3.05, 3.63) is 90.6 Å². The van der Waals surface area contributed by atoms with Crippen LogP contribution >= 0.6 is 0 Å². The molecule has 0 atom stereocenters. The highest BCUT2D eigenvalue weighted by Gasteiger charge is 2.14. The lowest BCUT2D eigenvalue weighted by Gasteiger charge is -2.14. The highest BCUT2D eigenvalue weighted by molar-refractivity contribution is 5.98. The summed E-state index contributed by atoms with van der Waals surface area (Å²) in [7, 11) is 1.60. The van der Waals surface area contributed by atoms with Crippen molar-refractivity contribution in [3.63, 3.8) is 0 Å². The van der Waals surface area contributed by atoms with Crippen molar-refractivity contribution >= 4 is 29.0 Å². The smallest absolute Gasteiger partial charge is 0.254 e. The van der Waals surface area contributed by atoms with Crippen LogP contribution in [0.4, 0.5) is 23.1 Å². The van der Waals surface area contributed by atoms with Gasteiger partial charge in [0, 0.05) is 11.9 Å². The number of hydrogen-bond acceptors (Lipinski definition) is 6. The second-order valence-corrected chi connectivity index (χ2v) is 6.72. The maximum absolute atomic E-state index is 11.8. The number of para-hydroxylation sites is 1. The Balaban J connectivity index is 1.69. The molecular formula is C24H21N5O2. The largest absolute Gasteiger partial charge is 0.495 e. The zero-order valence-corrected chi connectivity index (χ0v) is 16.9. The second-order valence-electron chi connectivity index (χ2n) is 6.72. The lowest BCUT2D eigenvalue weighted by Crippen LogP contribution is -2.15. The van der Waals surface area contributed by atoms with Crippen LogP contribution < -0.4 is 21.1 Å². The standard InChI is InChI=1S/C24H21N5O2/c1-31-21-13-12-17(16-8-4-2-5-9-16)14-20(21)28-24-26-15-19(22(25)30)23(29-24)27-18-10-6-3-7-11-18/h2-15H,1H3,(H2,25,30)(H2,26,27,28,29). The first-order valence-electron chi connectivity index (χ1n) is 9.63.